The van der Waals surface area contributed by atoms with Gasteiger partial charge in [0.1, 0.15) is 23.3 Å². The highest BCUT2D eigenvalue weighted by Crippen LogP contribution is 2.58. The number of hydrogen-bond donors (Lipinski definition) is 0. The van der Waals surface area contributed by atoms with E-state index in [0.717, 1.165) is 68.2 Å². The van der Waals surface area contributed by atoms with Crippen molar-refractivity contribution >= 4 is 121 Å². The molecule has 3 aliphatic rings. The molecule has 2 aliphatic carbocycles. The smallest absolute Gasteiger partial charge is 0.399 e. The number of allylic oxidation sites excluding steroid dienone is 4. The van der Waals surface area contributed by atoms with Crippen LogP contribution in [0.2, 0.25) is 0 Å². The van der Waals surface area contributed by atoms with E-state index < -0.39 is 36.2 Å². The SMILES string of the molecule is Cc1cc(C(C)(C)C)cc2cc(C(C)(C)C)ccc12.Cc1cccc(C)c1-c1ccc2c3ccc(B4OC(C)(C)C(C)(C)O4)c4cccc(c5cccc1c52)c43.O=C1C(c2cc(F)cc(F)c2)=C2C(=C1c1cc(F)cc(F)c1)c1ccc(Br)c3cccc2c13. The molecule has 1 heterocycles. The van der Waals surface area contributed by atoms with E-state index in [1.165, 1.54) is 92.8 Å². The molecule has 9 heteroatoms. The monoisotopic (exact) mass is 1240 g/mol. The Kier molecular flexibility index (Phi) is 14.4. The van der Waals surface area contributed by atoms with Gasteiger partial charge in [0, 0.05) is 38.9 Å². The Balaban J connectivity index is 0.000000129. The van der Waals surface area contributed by atoms with Crippen molar-refractivity contribution in [2.45, 2.75) is 112 Å². The van der Waals surface area contributed by atoms with Gasteiger partial charge in [-0.2, -0.15) is 0 Å². The summed E-state index contributed by atoms with van der Waals surface area (Å²) >= 11 is 3.55. The van der Waals surface area contributed by atoms with E-state index in [1.807, 2.05) is 30.3 Å². The number of halogens is 5. The lowest BCUT2D eigenvalue weighted by atomic mass is 9.74. The van der Waals surface area contributed by atoms with Gasteiger partial charge >= 0.3 is 7.12 Å². The fraction of sp³-hybridized carbons (Fsp3) is 0.212. The molecular formula is C80H68BBrF4O3. The second-order valence-electron chi connectivity index (χ2n) is 27.4. The van der Waals surface area contributed by atoms with Crippen LogP contribution in [0, 0.1) is 44.0 Å². The van der Waals surface area contributed by atoms with E-state index in [9.17, 15) is 22.4 Å². The largest absolute Gasteiger partial charge is 0.495 e. The molecule has 0 spiro atoms. The maximum absolute atomic E-state index is 14.1. The summed E-state index contributed by atoms with van der Waals surface area (Å²) in [5.74, 6) is -3.84. The van der Waals surface area contributed by atoms with Crippen molar-refractivity contribution in [3.8, 4) is 11.1 Å². The van der Waals surface area contributed by atoms with Gasteiger partial charge in [0.2, 0.25) is 0 Å². The minimum absolute atomic E-state index is 0.0701. The van der Waals surface area contributed by atoms with Crippen LogP contribution in [0.4, 0.5) is 17.6 Å². The zero-order valence-electron chi connectivity index (χ0n) is 52.4. The zero-order chi connectivity index (χ0) is 63.1. The van der Waals surface area contributed by atoms with Crippen molar-refractivity contribution in [1.82, 2.24) is 0 Å². The Morgan fingerprint density at radius 1 is 0.404 bits per heavy atom. The van der Waals surface area contributed by atoms with Gasteiger partial charge in [0.25, 0.3) is 0 Å². The van der Waals surface area contributed by atoms with Crippen LogP contribution in [0.5, 0.6) is 0 Å². The van der Waals surface area contributed by atoms with Crippen molar-refractivity contribution in [2.24, 2.45) is 0 Å². The van der Waals surface area contributed by atoms with E-state index in [0.29, 0.717) is 11.1 Å². The first kappa shape index (κ1) is 59.7. The van der Waals surface area contributed by atoms with Gasteiger partial charge in [-0.15, -0.1) is 0 Å². The Hall–Kier alpha value is -8.21. The molecule has 0 atom stereocenters. The molecule has 1 fully saturated rings. The summed E-state index contributed by atoms with van der Waals surface area (Å²) < 4.78 is 70.3. The Morgan fingerprint density at radius 2 is 0.843 bits per heavy atom. The lowest BCUT2D eigenvalue weighted by Gasteiger charge is -2.32. The number of aryl methyl sites for hydroxylation is 3. The maximum Gasteiger partial charge on any atom is 0.495 e. The molecule has 0 bridgehead atoms. The van der Waals surface area contributed by atoms with Crippen LogP contribution < -0.4 is 5.46 Å². The first-order valence-electron chi connectivity index (χ1n) is 30.4. The number of benzene rings is 12. The van der Waals surface area contributed by atoms with Crippen molar-refractivity contribution in [3.63, 3.8) is 0 Å². The lowest BCUT2D eigenvalue weighted by molar-refractivity contribution is -0.108. The van der Waals surface area contributed by atoms with Crippen LogP contribution in [-0.4, -0.2) is 24.1 Å². The number of ketones is 1. The van der Waals surface area contributed by atoms with E-state index in [1.54, 1.807) is 0 Å². The van der Waals surface area contributed by atoms with Crippen LogP contribution in [-0.2, 0) is 24.9 Å². The fourth-order valence-corrected chi connectivity index (χ4v) is 14.2. The molecule has 0 unspecified atom stereocenters. The second kappa shape index (κ2) is 21.5. The number of carbonyl (C=O) groups excluding carboxylic acids is 1. The third-order valence-electron chi connectivity index (χ3n) is 18.9. The quantitative estimate of drug-likeness (QED) is 0.0762. The van der Waals surface area contributed by atoms with E-state index in [4.69, 9.17) is 9.31 Å². The first-order chi connectivity index (χ1) is 42.1. The van der Waals surface area contributed by atoms with Crippen LogP contribution in [0.15, 0.2) is 180 Å². The first-order valence-corrected chi connectivity index (χ1v) is 31.2. The predicted molar refractivity (Wildman–Crippen MR) is 367 cm³/mol. The van der Waals surface area contributed by atoms with Gasteiger partial charge in [-0.05, 0) is 221 Å². The minimum atomic E-state index is -0.825. The van der Waals surface area contributed by atoms with Gasteiger partial charge in [-0.3, -0.25) is 4.79 Å². The molecule has 0 amide bonds. The highest BCUT2D eigenvalue weighted by atomic mass is 79.9. The molecular weight excluding hydrogens is 1180 g/mol. The third-order valence-corrected chi connectivity index (χ3v) is 19.6. The predicted octanol–water partition coefficient (Wildman–Crippen LogP) is 21.6. The summed E-state index contributed by atoms with van der Waals surface area (Å²) in [6, 6.07) is 55.8. The van der Waals surface area contributed by atoms with E-state index >= 15 is 0 Å². The molecule has 1 saturated heterocycles. The van der Waals surface area contributed by atoms with E-state index in [-0.39, 0.29) is 44.3 Å². The normalized spacial score (nSPS) is 15.3. The molecule has 12 aromatic rings. The Bertz CT molecular complexity index is 4870. The Morgan fingerprint density at radius 3 is 1.40 bits per heavy atom. The van der Waals surface area contributed by atoms with Crippen LogP contribution in [0.3, 0.4) is 0 Å². The number of fused-ring (bicyclic) bond motifs is 6. The fourth-order valence-electron chi connectivity index (χ4n) is 13.7. The van der Waals surface area contributed by atoms with Gasteiger partial charge < -0.3 is 9.31 Å². The summed E-state index contributed by atoms with van der Waals surface area (Å²) in [6.45, 7) is 28.8. The van der Waals surface area contributed by atoms with Crippen LogP contribution in [0.1, 0.15) is 119 Å². The standard InChI is InChI=1S/C34H31BO2.C27H11BrF4O.C19H26/c1-20-10-7-11-21(2)30(20)25-16-17-26-27-18-19-29(35-36-33(3,4)34(5,6)37-35)28-15-9-14-23(32(27)28)22-12-8-13-24(25)31(22)26;28-21-5-4-20-24-18(21)2-1-3-19(24)25-22(12-6-14(29)10-15(30)7-12)27(33)23(26(20)25)13-8-16(31)11-17(32)9-13;1-13-10-16(19(5,6)7)12-14-11-15(18(2,3)4)8-9-17(13)14/h7-19H,1-6H3;1-11H;8-12H,1-7H3. The van der Waals surface area contributed by atoms with Crippen molar-refractivity contribution < 1.29 is 31.7 Å². The third kappa shape index (κ3) is 10.1. The molecule has 89 heavy (non-hydrogen) atoms. The summed E-state index contributed by atoms with van der Waals surface area (Å²) in [6.07, 6.45) is 0. The zero-order valence-corrected chi connectivity index (χ0v) is 54.0. The summed E-state index contributed by atoms with van der Waals surface area (Å²) in [4.78, 5) is 13.7. The number of rotatable bonds is 4. The van der Waals surface area contributed by atoms with Gasteiger partial charge in [-0.25, -0.2) is 17.6 Å². The molecule has 1 aliphatic heterocycles. The van der Waals surface area contributed by atoms with Crippen LogP contribution >= 0.6 is 15.9 Å². The molecule has 0 radical (unpaired) electrons. The topological polar surface area (TPSA) is 35.5 Å². The highest BCUT2D eigenvalue weighted by Gasteiger charge is 2.52. The molecule has 0 saturated carbocycles. The molecule has 15 rings (SSSR count). The van der Waals surface area contributed by atoms with Gasteiger partial charge in [0.15, 0.2) is 5.78 Å². The van der Waals surface area contributed by atoms with Gasteiger partial charge in [0.05, 0.1) is 11.2 Å². The van der Waals surface area contributed by atoms with Crippen molar-refractivity contribution in [1.29, 1.82) is 0 Å². The number of hydrogen-bond acceptors (Lipinski definition) is 3. The van der Waals surface area contributed by atoms with E-state index in [2.05, 4.69) is 215 Å². The van der Waals surface area contributed by atoms with Crippen molar-refractivity contribution in [2.75, 3.05) is 0 Å². The highest BCUT2D eigenvalue weighted by molar-refractivity contribution is 9.10. The summed E-state index contributed by atoms with van der Waals surface area (Å²) in [7, 11) is -0.391. The minimum Gasteiger partial charge on any atom is -0.399 e. The average Bonchev–Trinajstić information content (AvgIpc) is 1.69. The molecule has 444 valence electrons. The molecule has 0 aromatic heterocycles. The second-order valence-corrected chi connectivity index (χ2v) is 28.2. The molecule has 12 aromatic carbocycles. The lowest BCUT2D eigenvalue weighted by Crippen LogP contribution is -2.41. The summed E-state index contributed by atoms with van der Waals surface area (Å²) in [5.41, 5.74) is 13.0. The average molecular weight is 1240 g/mol. The number of Topliss-reactive ketones (excluding diaryl/α,β-unsaturated/α-hetero) is 1. The van der Waals surface area contributed by atoms with Crippen LogP contribution in [0.25, 0.3) is 98.1 Å². The summed E-state index contributed by atoms with van der Waals surface area (Å²) in [5, 5.41) is 14.8. The van der Waals surface area contributed by atoms with Crippen molar-refractivity contribution in [3.05, 3.63) is 254 Å². The molecule has 0 N–H and O–H groups in total. The number of carbonyl (C=O) groups is 1. The maximum atomic E-state index is 14.1. The Labute approximate surface area is 526 Å². The van der Waals surface area contributed by atoms with Gasteiger partial charge in [-0.1, -0.05) is 191 Å². The molecule has 3 nitrogen and oxygen atoms in total.